The van der Waals surface area contributed by atoms with Gasteiger partial charge >= 0.3 is 0 Å². The monoisotopic (exact) mass is 297 g/mol. The summed E-state index contributed by atoms with van der Waals surface area (Å²) in [7, 11) is -3.26. The zero-order valence-electron chi connectivity index (χ0n) is 11.9. The zero-order chi connectivity index (χ0) is 14.4. The van der Waals surface area contributed by atoms with Crippen LogP contribution in [0.2, 0.25) is 0 Å². The summed E-state index contributed by atoms with van der Waals surface area (Å²) in [6.07, 6.45) is 2.47. The van der Waals surface area contributed by atoms with Crippen LogP contribution in [-0.4, -0.2) is 40.3 Å². The Hall–Kier alpha value is -1.27. The molecule has 1 saturated heterocycles. The van der Waals surface area contributed by atoms with Crippen LogP contribution >= 0.6 is 0 Å². The number of rotatable bonds is 7. The number of hydrogen-bond acceptors (Lipinski definition) is 4. The van der Waals surface area contributed by atoms with Crippen molar-refractivity contribution >= 4 is 21.4 Å². The van der Waals surface area contributed by atoms with Crippen LogP contribution < -0.4 is 14.9 Å². The molecular weight excluding hydrogens is 274 g/mol. The second-order valence-corrected chi connectivity index (χ2v) is 6.86. The number of anilines is 2. The lowest BCUT2D eigenvalue weighted by molar-refractivity contribution is 0.597. The van der Waals surface area contributed by atoms with Gasteiger partial charge in [0, 0.05) is 31.0 Å². The van der Waals surface area contributed by atoms with Gasteiger partial charge in [-0.3, -0.25) is 4.72 Å². The molecular formula is C14H23N3O2S. The van der Waals surface area contributed by atoms with Crippen molar-refractivity contribution in [1.82, 2.24) is 5.32 Å². The number of sulfonamides is 1. The molecule has 5 nitrogen and oxygen atoms in total. The normalized spacial score (nSPS) is 15.6. The van der Waals surface area contributed by atoms with Gasteiger partial charge in [-0.1, -0.05) is 6.92 Å². The van der Waals surface area contributed by atoms with Crippen LogP contribution in [0.5, 0.6) is 0 Å². The van der Waals surface area contributed by atoms with Gasteiger partial charge in [-0.25, -0.2) is 8.42 Å². The van der Waals surface area contributed by atoms with Crippen LogP contribution in [0.25, 0.3) is 0 Å². The third-order valence-corrected chi connectivity index (χ3v) is 4.70. The first-order valence-electron chi connectivity index (χ1n) is 7.17. The minimum absolute atomic E-state index is 0.0920. The zero-order valence-corrected chi connectivity index (χ0v) is 12.7. The van der Waals surface area contributed by atoms with Crippen molar-refractivity contribution in [2.45, 2.75) is 19.8 Å². The Kier molecular flexibility index (Phi) is 5.25. The molecule has 0 bridgehead atoms. The lowest BCUT2D eigenvalue weighted by Gasteiger charge is -2.18. The molecule has 1 aromatic rings. The highest BCUT2D eigenvalue weighted by molar-refractivity contribution is 7.92. The van der Waals surface area contributed by atoms with Crippen LogP contribution in [-0.2, 0) is 10.0 Å². The van der Waals surface area contributed by atoms with Crippen molar-refractivity contribution < 1.29 is 8.42 Å². The Morgan fingerprint density at radius 1 is 1.15 bits per heavy atom. The highest BCUT2D eigenvalue weighted by atomic mass is 32.2. The first-order chi connectivity index (χ1) is 9.61. The van der Waals surface area contributed by atoms with E-state index >= 15 is 0 Å². The average Bonchev–Trinajstić information content (AvgIpc) is 2.93. The van der Waals surface area contributed by atoms with E-state index in [0.717, 1.165) is 25.3 Å². The van der Waals surface area contributed by atoms with Crippen LogP contribution in [0.1, 0.15) is 19.8 Å². The second-order valence-electron chi connectivity index (χ2n) is 5.02. The predicted octanol–water partition coefficient (Wildman–Crippen LogP) is 1.64. The minimum Gasteiger partial charge on any atom is -0.372 e. The summed E-state index contributed by atoms with van der Waals surface area (Å²) in [5.74, 6) is 0.0920. The second kappa shape index (κ2) is 6.95. The molecule has 0 amide bonds. The van der Waals surface area contributed by atoms with Crippen LogP contribution in [0.15, 0.2) is 24.3 Å². The van der Waals surface area contributed by atoms with Crippen molar-refractivity contribution in [2.24, 2.45) is 0 Å². The highest BCUT2D eigenvalue weighted by Gasteiger charge is 2.13. The molecule has 6 heteroatoms. The third-order valence-electron chi connectivity index (χ3n) is 3.41. The van der Waals surface area contributed by atoms with Crippen molar-refractivity contribution in [1.29, 1.82) is 0 Å². The van der Waals surface area contributed by atoms with E-state index in [9.17, 15) is 8.42 Å². The van der Waals surface area contributed by atoms with Crippen molar-refractivity contribution in [3.63, 3.8) is 0 Å². The summed E-state index contributed by atoms with van der Waals surface area (Å²) in [5, 5.41) is 3.01. The fourth-order valence-corrected chi connectivity index (χ4v) is 3.34. The summed E-state index contributed by atoms with van der Waals surface area (Å²) >= 11 is 0. The maximum atomic E-state index is 11.9. The van der Waals surface area contributed by atoms with E-state index in [1.54, 1.807) is 0 Å². The Bertz CT molecular complexity index is 508. The molecule has 1 aliphatic rings. The third kappa shape index (κ3) is 4.38. The van der Waals surface area contributed by atoms with E-state index in [0.29, 0.717) is 12.2 Å². The lowest BCUT2D eigenvalue weighted by Crippen LogP contribution is -2.26. The minimum atomic E-state index is -3.26. The van der Waals surface area contributed by atoms with E-state index < -0.39 is 10.0 Å². The van der Waals surface area contributed by atoms with E-state index in [4.69, 9.17) is 0 Å². The first-order valence-corrected chi connectivity index (χ1v) is 8.82. The van der Waals surface area contributed by atoms with E-state index in [1.807, 2.05) is 31.2 Å². The molecule has 0 atom stereocenters. The van der Waals surface area contributed by atoms with E-state index in [1.165, 1.54) is 12.8 Å². The van der Waals surface area contributed by atoms with Crippen LogP contribution in [0.4, 0.5) is 11.4 Å². The first kappa shape index (κ1) is 15.1. The highest BCUT2D eigenvalue weighted by Crippen LogP contribution is 2.22. The van der Waals surface area contributed by atoms with E-state index in [-0.39, 0.29) is 5.75 Å². The molecule has 1 aromatic carbocycles. The summed E-state index contributed by atoms with van der Waals surface area (Å²) in [6, 6.07) is 7.62. The van der Waals surface area contributed by atoms with Crippen LogP contribution in [0, 0.1) is 0 Å². The molecule has 2 rings (SSSR count). The van der Waals surface area contributed by atoms with Gasteiger partial charge in [0.25, 0.3) is 0 Å². The van der Waals surface area contributed by atoms with Gasteiger partial charge < -0.3 is 10.2 Å². The van der Waals surface area contributed by atoms with Crippen LogP contribution in [0.3, 0.4) is 0 Å². The lowest BCUT2D eigenvalue weighted by atomic mass is 10.2. The molecule has 0 radical (unpaired) electrons. The molecule has 20 heavy (non-hydrogen) atoms. The maximum Gasteiger partial charge on any atom is 0.233 e. The number of hydrogen-bond donors (Lipinski definition) is 2. The van der Waals surface area contributed by atoms with Gasteiger partial charge in [-0.15, -0.1) is 0 Å². The number of nitrogens with one attached hydrogen (secondary N) is 2. The molecule has 2 N–H and O–H groups in total. The molecule has 0 spiro atoms. The van der Waals surface area contributed by atoms with Gasteiger partial charge in [-0.2, -0.15) is 0 Å². The molecule has 0 aromatic heterocycles. The van der Waals surface area contributed by atoms with Gasteiger partial charge in [0.2, 0.25) is 10.0 Å². The summed E-state index contributed by atoms with van der Waals surface area (Å²) in [5.41, 5.74) is 1.79. The molecule has 1 heterocycles. The fraction of sp³-hybridized carbons (Fsp3) is 0.571. The number of nitrogens with zero attached hydrogens (tertiary/aromatic N) is 1. The molecule has 1 aliphatic heterocycles. The largest absolute Gasteiger partial charge is 0.372 e. The Labute approximate surface area is 121 Å². The maximum absolute atomic E-state index is 11.9. The topological polar surface area (TPSA) is 61.4 Å². The molecule has 0 saturated carbocycles. The van der Waals surface area contributed by atoms with Gasteiger partial charge in [0.05, 0.1) is 5.75 Å². The smallest absolute Gasteiger partial charge is 0.233 e. The van der Waals surface area contributed by atoms with Crippen molar-refractivity contribution in [3.8, 4) is 0 Å². The Balaban J connectivity index is 1.92. The molecule has 0 unspecified atom stereocenters. The van der Waals surface area contributed by atoms with Gasteiger partial charge in [0.1, 0.15) is 0 Å². The summed E-state index contributed by atoms with van der Waals surface area (Å²) < 4.78 is 26.3. The number of benzene rings is 1. The van der Waals surface area contributed by atoms with Gasteiger partial charge in [-0.05, 0) is 43.7 Å². The summed E-state index contributed by atoms with van der Waals surface area (Å²) in [4.78, 5) is 2.32. The quantitative estimate of drug-likeness (QED) is 0.751. The van der Waals surface area contributed by atoms with Gasteiger partial charge in [0.15, 0.2) is 0 Å². The molecule has 1 fully saturated rings. The summed E-state index contributed by atoms with van der Waals surface area (Å²) in [6.45, 7) is 5.39. The standard InChI is InChI=1S/C14H23N3O2S/c1-2-15-9-12-20(18,19)16-13-5-7-14(8-6-13)17-10-3-4-11-17/h5-8,15-16H,2-4,9-12H2,1H3. The fourth-order valence-electron chi connectivity index (χ4n) is 2.33. The molecule has 0 aliphatic carbocycles. The van der Waals surface area contributed by atoms with E-state index in [2.05, 4.69) is 14.9 Å². The molecule has 112 valence electrons. The van der Waals surface area contributed by atoms with Crippen molar-refractivity contribution in [2.75, 3.05) is 41.6 Å². The predicted molar refractivity (Wildman–Crippen MR) is 83.8 cm³/mol. The van der Waals surface area contributed by atoms with Crippen molar-refractivity contribution in [3.05, 3.63) is 24.3 Å². The Morgan fingerprint density at radius 3 is 2.40 bits per heavy atom. The Morgan fingerprint density at radius 2 is 1.80 bits per heavy atom. The SMILES string of the molecule is CCNCCS(=O)(=O)Nc1ccc(N2CCCC2)cc1. The average molecular weight is 297 g/mol.